The van der Waals surface area contributed by atoms with E-state index in [4.69, 9.17) is 0 Å². The lowest BCUT2D eigenvalue weighted by Crippen LogP contribution is -2.31. The maximum Gasteiger partial charge on any atom is 0.149 e. The number of anilines is 2. The van der Waals surface area contributed by atoms with Crippen LogP contribution in [0.1, 0.15) is 19.4 Å². The van der Waals surface area contributed by atoms with E-state index in [2.05, 4.69) is 74.2 Å². The summed E-state index contributed by atoms with van der Waals surface area (Å²) in [5, 5.41) is 3.07. The van der Waals surface area contributed by atoms with Crippen LogP contribution in [0.25, 0.3) is 0 Å². The Balaban J connectivity index is 2.34. The van der Waals surface area contributed by atoms with Gasteiger partial charge in [0.2, 0.25) is 0 Å². The van der Waals surface area contributed by atoms with Gasteiger partial charge in [0.1, 0.15) is 22.4 Å². The minimum absolute atomic E-state index is 0.339. The van der Waals surface area contributed by atoms with Crippen LogP contribution in [0, 0.1) is 0 Å². The van der Waals surface area contributed by atoms with Gasteiger partial charge in [0.25, 0.3) is 0 Å². The van der Waals surface area contributed by atoms with Crippen molar-refractivity contribution in [3.05, 3.63) is 46.7 Å². The maximum absolute atomic E-state index is 4.43. The van der Waals surface area contributed by atoms with Gasteiger partial charge in [-0.3, -0.25) is 0 Å². The Morgan fingerprint density at radius 1 is 1.20 bits per heavy atom. The number of benzene rings is 1. The van der Waals surface area contributed by atoms with E-state index in [0.29, 0.717) is 6.04 Å². The van der Waals surface area contributed by atoms with Crippen LogP contribution in [0.4, 0.5) is 11.6 Å². The number of halogens is 1. The topological polar surface area (TPSA) is 41.1 Å². The first kappa shape index (κ1) is 14.8. The summed E-state index contributed by atoms with van der Waals surface area (Å²) in [6.07, 6.45) is 1.59. The minimum atomic E-state index is 0.339. The summed E-state index contributed by atoms with van der Waals surface area (Å²) in [5.74, 6) is 1.71. The van der Waals surface area contributed by atoms with Gasteiger partial charge in [0.15, 0.2) is 0 Å². The van der Waals surface area contributed by atoms with E-state index in [1.165, 1.54) is 5.56 Å². The first-order valence-electron chi connectivity index (χ1n) is 6.62. The molecule has 0 unspecified atom stereocenters. The second-order valence-electron chi connectivity index (χ2n) is 4.82. The van der Waals surface area contributed by atoms with Crippen molar-refractivity contribution in [3.8, 4) is 0 Å². The molecule has 0 amide bonds. The van der Waals surface area contributed by atoms with Gasteiger partial charge in [-0.05, 0) is 35.3 Å². The zero-order valence-electron chi connectivity index (χ0n) is 12.0. The van der Waals surface area contributed by atoms with Crippen molar-refractivity contribution in [1.82, 2.24) is 9.97 Å². The molecule has 4 nitrogen and oxygen atoms in total. The molecule has 1 aromatic heterocycles. The van der Waals surface area contributed by atoms with Gasteiger partial charge >= 0.3 is 0 Å². The van der Waals surface area contributed by atoms with E-state index in [0.717, 1.165) is 22.7 Å². The highest BCUT2D eigenvalue weighted by Crippen LogP contribution is 2.31. The molecule has 0 aliphatic heterocycles. The van der Waals surface area contributed by atoms with Crippen molar-refractivity contribution in [1.29, 1.82) is 0 Å². The molecule has 0 saturated heterocycles. The molecule has 5 heteroatoms. The maximum atomic E-state index is 4.43. The highest BCUT2D eigenvalue weighted by Gasteiger charge is 2.18. The monoisotopic (exact) mass is 334 g/mol. The molecule has 2 rings (SSSR count). The van der Waals surface area contributed by atoms with Gasteiger partial charge in [-0.25, -0.2) is 9.97 Å². The number of hydrogen-bond donors (Lipinski definition) is 1. The van der Waals surface area contributed by atoms with Gasteiger partial charge in [-0.15, -0.1) is 0 Å². The molecule has 106 valence electrons. The molecule has 0 atom stereocenters. The second-order valence-corrected chi connectivity index (χ2v) is 5.61. The van der Waals surface area contributed by atoms with Crippen LogP contribution in [-0.2, 0) is 6.54 Å². The van der Waals surface area contributed by atoms with Crippen molar-refractivity contribution in [2.75, 3.05) is 17.3 Å². The quantitative estimate of drug-likeness (QED) is 0.905. The van der Waals surface area contributed by atoms with E-state index >= 15 is 0 Å². The molecule has 20 heavy (non-hydrogen) atoms. The lowest BCUT2D eigenvalue weighted by molar-refractivity contribution is 0.669. The Morgan fingerprint density at radius 2 is 1.90 bits per heavy atom. The fourth-order valence-corrected chi connectivity index (χ4v) is 2.65. The number of hydrogen-bond acceptors (Lipinski definition) is 4. The largest absolute Gasteiger partial charge is 0.372 e. The number of rotatable bonds is 5. The SMILES string of the molecule is CNc1ncnc(N(Cc2ccccc2)C(C)C)c1Br. The van der Waals surface area contributed by atoms with E-state index in [-0.39, 0.29) is 0 Å². The lowest BCUT2D eigenvalue weighted by atomic mass is 10.2. The Hall–Kier alpha value is -1.62. The molecule has 0 aliphatic carbocycles. The van der Waals surface area contributed by atoms with Gasteiger partial charge in [-0.1, -0.05) is 30.3 Å². The summed E-state index contributed by atoms with van der Waals surface area (Å²) in [7, 11) is 1.85. The molecule has 0 saturated carbocycles. The van der Waals surface area contributed by atoms with Gasteiger partial charge in [-0.2, -0.15) is 0 Å². The van der Waals surface area contributed by atoms with Crippen molar-refractivity contribution < 1.29 is 0 Å². The zero-order valence-corrected chi connectivity index (χ0v) is 13.6. The average molecular weight is 335 g/mol. The minimum Gasteiger partial charge on any atom is -0.372 e. The predicted molar refractivity (Wildman–Crippen MR) is 87.0 cm³/mol. The molecular weight excluding hydrogens is 316 g/mol. The van der Waals surface area contributed by atoms with Crippen molar-refractivity contribution >= 4 is 27.6 Å². The molecule has 0 fully saturated rings. The smallest absolute Gasteiger partial charge is 0.149 e. The van der Waals surface area contributed by atoms with Crippen LogP contribution < -0.4 is 10.2 Å². The van der Waals surface area contributed by atoms with Crippen LogP contribution >= 0.6 is 15.9 Å². The Labute approximate surface area is 128 Å². The summed E-state index contributed by atoms with van der Waals surface area (Å²) >= 11 is 3.59. The molecule has 1 heterocycles. The molecule has 0 radical (unpaired) electrons. The highest BCUT2D eigenvalue weighted by molar-refractivity contribution is 9.10. The van der Waals surface area contributed by atoms with Crippen LogP contribution in [0.15, 0.2) is 41.1 Å². The van der Waals surface area contributed by atoms with Crippen molar-refractivity contribution in [2.45, 2.75) is 26.4 Å². The van der Waals surface area contributed by atoms with E-state index < -0.39 is 0 Å². The third kappa shape index (κ3) is 3.28. The third-order valence-corrected chi connectivity index (χ3v) is 3.83. The number of nitrogens with one attached hydrogen (secondary N) is 1. The Bertz CT molecular complexity index is 557. The number of aromatic nitrogens is 2. The number of nitrogens with zero attached hydrogens (tertiary/aromatic N) is 3. The predicted octanol–water partition coefficient (Wildman–Crippen LogP) is 3.70. The standard InChI is InChI=1S/C15H19BrN4/c1-11(2)20(9-12-7-5-4-6-8-12)15-13(16)14(17-3)18-10-19-15/h4-8,10-11H,9H2,1-3H3,(H,17,18,19). The van der Waals surface area contributed by atoms with E-state index in [1.807, 2.05) is 13.1 Å². The molecule has 0 spiro atoms. The third-order valence-electron chi connectivity index (χ3n) is 3.10. The van der Waals surface area contributed by atoms with Crippen LogP contribution in [-0.4, -0.2) is 23.1 Å². The first-order chi connectivity index (χ1) is 9.63. The highest BCUT2D eigenvalue weighted by atomic mass is 79.9. The molecule has 0 bridgehead atoms. The average Bonchev–Trinajstić information content (AvgIpc) is 2.46. The van der Waals surface area contributed by atoms with Gasteiger partial charge in [0, 0.05) is 19.6 Å². The molecule has 1 N–H and O–H groups in total. The fourth-order valence-electron chi connectivity index (χ4n) is 2.02. The zero-order chi connectivity index (χ0) is 14.5. The first-order valence-corrected chi connectivity index (χ1v) is 7.41. The van der Waals surface area contributed by atoms with Crippen LogP contribution in [0.5, 0.6) is 0 Å². The Morgan fingerprint density at radius 3 is 2.50 bits per heavy atom. The van der Waals surface area contributed by atoms with Crippen LogP contribution in [0.2, 0.25) is 0 Å². The molecular formula is C15H19BrN4. The van der Waals surface area contributed by atoms with E-state index in [9.17, 15) is 0 Å². The van der Waals surface area contributed by atoms with Crippen LogP contribution in [0.3, 0.4) is 0 Å². The summed E-state index contributed by atoms with van der Waals surface area (Å²) in [4.78, 5) is 10.9. The van der Waals surface area contributed by atoms with Crippen molar-refractivity contribution in [3.63, 3.8) is 0 Å². The van der Waals surface area contributed by atoms with Gasteiger partial charge < -0.3 is 10.2 Å². The molecule has 2 aromatic rings. The van der Waals surface area contributed by atoms with Gasteiger partial charge in [0.05, 0.1) is 0 Å². The summed E-state index contributed by atoms with van der Waals surface area (Å²) in [5.41, 5.74) is 1.26. The summed E-state index contributed by atoms with van der Waals surface area (Å²) < 4.78 is 0.895. The lowest BCUT2D eigenvalue weighted by Gasteiger charge is -2.29. The fraction of sp³-hybridized carbons (Fsp3) is 0.333. The summed E-state index contributed by atoms with van der Waals surface area (Å²) in [6, 6.07) is 10.7. The van der Waals surface area contributed by atoms with E-state index in [1.54, 1.807) is 6.33 Å². The molecule has 1 aromatic carbocycles. The normalized spacial score (nSPS) is 10.7. The molecule has 0 aliphatic rings. The summed E-state index contributed by atoms with van der Waals surface area (Å²) in [6.45, 7) is 5.14. The second kappa shape index (κ2) is 6.70. The Kier molecular flexibility index (Phi) is 4.95. The van der Waals surface area contributed by atoms with Crippen molar-refractivity contribution in [2.24, 2.45) is 0 Å².